The Morgan fingerprint density at radius 2 is 1.96 bits per heavy atom. The van der Waals surface area contributed by atoms with Crippen molar-refractivity contribution in [1.82, 2.24) is 9.97 Å². The molecule has 0 atom stereocenters. The number of aromatic nitrogens is 2. The van der Waals surface area contributed by atoms with E-state index in [0.717, 1.165) is 22.5 Å². The van der Waals surface area contributed by atoms with Crippen molar-refractivity contribution >= 4 is 22.0 Å². The highest BCUT2D eigenvalue weighted by Crippen LogP contribution is 2.41. The number of pyridine rings is 2. The van der Waals surface area contributed by atoms with Gasteiger partial charge >= 0.3 is 0 Å². The van der Waals surface area contributed by atoms with Gasteiger partial charge in [-0.2, -0.15) is 0 Å². The van der Waals surface area contributed by atoms with E-state index < -0.39 is 0 Å². The van der Waals surface area contributed by atoms with Crippen LogP contribution in [0.5, 0.6) is 0 Å². The highest BCUT2D eigenvalue weighted by molar-refractivity contribution is 5.95. The Balaban J connectivity index is 1.62. The van der Waals surface area contributed by atoms with Crippen molar-refractivity contribution in [2.45, 2.75) is 25.7 Å². The molecule has 2 aromatic heterocycles. The van der Waals surface area contributed by atoms with Crippen LogP contribution in [0.3, 0.4) is 0 Å². The highest BCUT2D eigenvalue weighted by atomic mass is 14.7. The lowest BCUT2D eigenvalue weighted by Crippen LogP contribution is -1.93. The van der Waals surface area contributed by atoms with E-state index >= 15 is 0 Å². The lowest BCUT2D eigenvalue weighted by molar-refractivity contribution is 1.13. The molecule has 2 heterocycles. The third-order valence-corrected chi connectivity index (χ3v) is 5.44. The van der Waals surface area contributed by atoms with E-state index in [4.69, 9.17) is 4.98 Å². The molecule has 0 spiro atoms. The largest absolute Gasteiger partial charge is 0.264 e. The lowest BCUT2D eigenvalue weighted by atomic mass is 9.95. The van der Waals surface area contributed by atoms with Gasteiger partial charge in [0.2, 0.25) is 0 Å². The van der Waals surface area contributed by atoms with Crippen LogP contribution in [0.2, 0.25) is 0 Å². The van der Waals surface area contributed by atoms with Crippen molar-refractivity contribution in [3.05, 3.63) is 96.0 Å². The van der Waals surface area contributed by atoms with Crippen molar-refractivity contribution in [3.63, 3.8) is 0 Å². The van der Waals surface area contributed by atoms with Gasteiger partial charge in [0, 0.05) is 29.3 Å². The molecule has 0 amide bonds. The fourth-order valence-corrected chi connectivity index (χ4v) is 3.52. The summed E-state index contributed by atoms with van der Waals surface area (Å²) < 4.78 is 0. The first-order valence-corrected chi connectivity index (χ1v) is 9.67. The van der Waals surface area contributed by atoms with E-state index in [1.54, 1.807) is 6.20 Å². The Morgan fingerprint density at radius 1 is 1.07 bits per heavy atom. The molecule has 132 valence electrons. The SMILES string of the molecule is C/C(=C(\C=C/C1C=C1)c1ccc2cnccc2n1)c1cccc(C2CC2)c1. The summed E-state index contributed by atoms with van der Waals surface area (Å²) in [7, 11) is 0. The van der Waals surface area contributed by atoms with Gasteiger partial charge < -0.3 is 0 Å². The summed E-state index contributed by atoms with van der Waals surface area (Å²) >= 11 is 0. The van der Waals surface area contributed by atoms with Gasteiger partial charge in [0.15, 0.2) is 0 Å². The zero-order valence-electron chi connectivity index (χ0n) is 15.5. The summed E-state index contributed by atoms with van der Waals surface area (Å²) in [5.74, 6) is 1.26. The predicted octanol–water partition coefficient (Wildman–Crippen LogP) is 6.18. The molecule has 0 radical (unpaired) electrons. The number of hydrogen-bond donors (Lipinski definition) is 0. The molecule has 0 bridgehead atoms. The molecule has 5 rings (SSSR count). The second-order valence-corrected chi connectivity index (χ2v) is 7.52. The summed E-state index contributed by atoms with van der Waals surface area (Å²) in [6.45, 7) is 2.21. The molecular formula is C25H22N2. The quantitative estimate of drug-likeness (QED) is 0.405. The van der Waals surface area contributed by atoms with Gasteiger partial charge in [0.25, 0.3) is 0 Å². The van der Waals surface area contributed by atoms with E-state index in [1.807, 2.05) is 12.3 Å². The Labute approximate surface area is 160 Å². The molecule has 3 aromatic rings. The average molecular weight is 350 g/mol. The van der Waals surface area contributed by atoms with E-state index in [2.05, 4.69) is 72.6 Å². The Morgan fingerprint density at radius 3 is 2.78 bits per heavy atom. The van der Waals surface area contributed by atoms with Crippen molar-refractivity contribution < 1.29 is 0 Å². The molecule has 0 saturated heterocycles. The van der Waals surface area contributed by atoms with E-state index in [1.165, 1.54) is 35.1 Å². The van der Waals surface area contributed by atoms with Gasteiger partial charge in [-0.15, -0.1) is 0 Å². The monoisotopic (exact) mass is 350 g/mol. The topological polar surface area (TPSA) is 25.8 Å². The maximum absolute atomic E-state index is 4.92. The molecule has 0 N–H and O–H groups in total. The molecule has 1 saturated carbocycles. The molecule has 1 fully saturated rings. The number of rotatable bonds is 5. The van der Waals surface area contributed by atoms with Crippen LogP contribution in [-0.2, 0) is 0 Å². The van der Waals surface area contributed by atoms with E-state index in [0.29, 0.717) is 5.92 Å². The molecular weight excluding hydrogens is 328 g/mol. The second-order valence-electron chi connectivity index (χ2n) is 7.52. The minimum atomic E-state index is 0.496. The van der Waals surface area contributed by atoms with E-state index in [9.17, 15) is 0 Å². The summed E-state index contributed by atoms with van der Waals surface area (Å²) in [6.07, 6.45) is 15.2. The van der Waals surface area contributed by atoms with Gasteiger partial charge in [0.1, 0.15) is 0 Å². The number of hydrogen-bond acceptors (Lipinski definition) is 2. The Hall–Kier alpha value is -3.00. The van der Waals surface area contributed by atoms with Crippen molar-refractivity contribution in [2.24, 2.45) is 5.92 Å². The maximum Gasteiger partial charge on any atom is 0.0740 e. The van der Waals surface area contributed by atoms with Crippen molar-refractivity contribution in [3.8, 4) is 0 Å². The van der Waals surface area contributed by atoms with Crippen molar-refractivity contribution in [2.75, 3.05) is 0 Å². The standard InChI is InChI=1S/C25H22N2/c1-17(20-3-2-4-21(15-20)19-8-9-19)23(11-7-18-5-6-18)25-12-10-22-16-26-14-13-24(22)27-25/h2-7,10-16,18-19H,8-9H2,1H3/b11-7-,23-17-. The van der Waals surface area contributed by atoms with Crippen LogP contribution in [-0.4, -0.2) is 9.97 Å². The minimum Gasteiger partial charge on any atom is -0.264 e. The Bertz CT molecular complexity index is 1090. The third kappa shape index (κ3) is 3.48. The van der Waals surface area contributed by atoms with Gasteiger partial charge in [-0.1, -0.05) is 48.6 Å². The van der Waals surface area contributed by atoms with Gasteiger partial charge in [0.05, 0.1) is 11.2 Å². The maximum atomic E-state index is 4.92. The van der Waals surface area contributed by atoms with Crippen LogP contribution in [0.4, 0.5) is 0 Å². The first-order chi connectivity index (χ1) is 13.3. The first kappa shape index (κ1) is 16.2. The summed E-state index contributed by atoms with van der Waals surface area (Å²) in [5, 5.41) is 1.07. The minimum absolute atomic E-state index is 0.496. The highest BCUT2D eigenvalue weighted by Gasteiger charge is 2.23. The van der Waals surface area contributed by atoms with Crippen LogP contribution in [0.1, 0.15) is 42.5 Å². The van der Waals surface area contributed by atoms with Gasteiger partial charge in [-0.25, -0.2) is 4.98 Å². The molecule has 2 nitrogen and oxygen atoms in total. The van der Waals surface area contributed by atoms with Gasteiger partial charge in [-0.3, -0.25) is 4.98 Å². The molecule has 2 aliphatic rings. The smallest absolute Gasteiger partial charge is 0.0740 e. The molecule has 27 heavy (non-hydrogen) atoms. The lowest BCUT2D eigenvalue weighted by Gasteiger charge is -2.11. The van der Waals surface area contributed by atoms with Gasteiger partial charge in [-0.05, 0) is 60.6 Å². The van der Waals surface area contributed by atoms with Crippen LogP contribution in [0, 0.1) is 5.92 Å². The summed E-state index contributed by atoms with van der Waals surface area (Å²) in [6, 6.07) is 15.2. The molecule has 2 heteroatoms. The fraction of sp³-hybridized carbons (Fsp3) is 0.200. The number of allylic oxidation sites excluding steroid dienone is 6. The predicted molar refractivity (Wildman–Crippen MR) is 112 cm³/mol. The Kier molecular flexibility index (Phi) is 3.97. The molecule has 2 aliphatic carbocycles. The summed E-state index contributed by atoms with van der Waals surface area (Å²) in [5.41, 5.74) is 7.22. The molecule has 0 unspecified atom stereocenters. The molecule has 1 aromatic carbocycles. The van der Waals surface area contributed by atoms with Crippen LogP contribution in [0.15, 0.2) is 79.2 Å². The van der Waals surface area contributed by atoms with Crippen LogP contribution < -0.4 is 0 Å². The number of benzene rings is 1. The average Bonchev–Trinajstić information content (AvgIpc) is 3.62. The molecule has 0 aliphatic heterocycles. The van der Waals surface area contributed by atoms with Crippen molar-refractivity contribution in [1.29, 1.82) is 0 Å². The normalized spacial score (nSPS) is 17.5. The first-order valence-electron chi connectivity index (χ1n) is 9.67. The zero-order valence-corrected chi connectivity index (χ0v) is 15.5. The number of fused-ring (bicyclic) bond motifs is 1. The van der Waals surface area contributed by atoms with E-state index in [-0.39, 0.29) is 0 Å². The third-order valence-electron chi connectivity index (χ3n) is 5.44. The summed E-state index contributed by atoms with van der Waals surface area (Å²) in [4.78, 5) is 9.12. The second kappa shape index (κ2) is 6.62. The fourth-order valence-electron chi connectivity index (χ4n) is 3.52. The van der Waals surface area contributed by atoms with Crippen LogP contribution in [0.25, 0.3) is 22.0 Å². The zero-order chi connectivity index (χ0) is 18.2. The number of nitrogens with zero attached hydrogens (tertiary/aromatic N) is 2. The van der Waals surface area contributed by atoms with Crippen LogP contribution >= 0.6 is 0 Å².